The van der Waals surface area contributed by atoms with Crippen LogP contribution in [-0.2, 0) is 6.54 Å². The van der Waals surface area contributed by atoms with Crippen LogP contribution in [-0.4, -0.2) is 9.97 Å². The summed E-state index contributed by atoms with van der Waals surface area (Å²) in [4.78, 5) is 17.8. The summed E-state index contributed by atoms with van der Waals surface area (Å²) >= 11 is 0. The number of nitrogens with one attached hydrogen (secondary N) is 1. The van der Waals surface area contributed by atoms with Crippen LogP contribution in [0.2, 0.25) is 0 Å². The monoisotopic (exact) mass is 215 g/mol. The van der Waals surface area contributed by atoms with Crippen LogP contribution >= 0.6 is 0 Å². The Balaban J connectivity index is 2.51. The molecule has 82 valence electrons. The molecule has 4 nitrogen and oxygen atoms in total. The van der Waals surface area contributed by atoms with Crippen LogP contribution in [0.5, 0.6) is 0 Å². The van der Waals surface area contributed by atoms with Gasteiger partial charge >= 0.3 is 5.69 Å². The second-order valence-electron chi connectivity index (χ2n) is 3.67. The molecule has 0 atom stereocenters. The summed E-state index contributed by atoms with van der Waals surface area (Å²) < 4.78 is 0. The third-order valence-corrected chi connectivity index (χ3v) is 2.37. The van der Waals surface area contributed by atoms with Gasteiger partial charge in [-0.05, 0) is 13.0 Å². The summed E-state index contributed by atoms with van der Waals surface area (Å²) in [5.74, 6) is 0. The Morgan fingerprint density at radius 1 is 1.31 bits per heavy atom. The van der Waals surface area contributed by atoms with Gasteiger partial charge in [0, 0.05) is 17.8 Å². The zero-order chi connectivity index (χ0) is 11.5. The minimum atomic E-state index is -0.362. The number of aromatic amines is 1. The molecule has 3 N–H and O–H groups in total. The van der Waals surface area contributed by atoms with Gasteiger partial charge in [0.15, 0.2) is 0 Å². The number of aromatic nitrogens is 2. The highest BCUT2D eigenvalue weighted by molar-refractivity contribution is 5.59. The molecule has 1 heterocycles. The van der Waals surface area contributed by atoms with Crippen LogP contribution in [0, 0.1) is 6.92 Å². The van der Waals surface area contributed by atoms with Gasteiger partial charge in [0.05, 0.1) is 5.69 Å². The van der Waals surface area contributed by atoms with Crippen LogP contribution < -0.4 is 11.4 Å². The van der Waals surface area contributed by atoms with E-state index >= 15 is 0 Å². The number of aryl methyl sites for hydroxylation is 1. The Labute approximate surface area is 93.2 Å². The van der Waals surface area contributed by atoms with E-state index < -0.39 is 0 Å². The fourth-order valence-corrected chi connectivity index (χ4v) is 1.49. The van der Waals surface area contributed by atoms with E-state index in [1.165, 1.54) is 5.56 Å². The first-order valence-corrected chi connectivity index (χ1v) is 5.06. The fourth-order valence-electron chi connectivity index (χ4n) is 1.49. The molecule has 2 rings (SSSR count). The van der Waals surface area contributed by atoms with Crippen molar-refractivity contribution < 1.29 is 0 Å². The van der Waals surface area contributed by atoms with Crippen molar-refractivity contribution in [2.45, 2.75) is 13.5 Å². The van der Waals surface area contributed by atoms with E-state index in [2.05, 4.69) is 9.97 Å². The standard InChI is InChI=1S/C12H13N3O/c1-8-2-4-9(5-3-8)11-6-10(7-13)14-12(16)15-11/h2-6H,7,13H2,1H3,(H,14,15,16). The Bertz CT molecular complexity index is 543. The minimum absolute atomic E-state index is 0.302. The first kappa shape index (κ1) is 10.6. The number of hydrogen-bond donors (Lipinski definition) is 2. The zero-order valence-electron chi connectivity index (χ0n) is 9.03. The summed E-state index contributed by atoms with van der Waals surface area (Å²) in [7, 11) is 0. The molecule has 0 spiro atoms. The van der Waals surface area contributed by atoms with Gasteiger partial charge in [-0.2, -0.15) is 4.98 Å². The van der Waals surface area contributed by atoms with Crippen molar-refractivity contribution >= 4 is 0 Å². The fraction of sp³-hybridized carbons (Fsp3) is 0.167. The van der Waals surface area contributed by atoms with E-state index in [1.54, 1.807) is 6.07 Å². The van der Waals surface area contributed by atoms with Crippen molar-refractivity contribution in [3.05, 3.63) is 52.1 Å². The molecule has 0 aliphatic carbocycles. The van der Waals surface area contributed by atoms with Crippen LogP contribution in [0.4, 0.5) is 0 Å². The van der Waals surface area contributed by atoms with Crippen LogP contribution in [0.25, 0.3) is 11.3 Å². The van der Waals surface area contributed by atoms with Crippen molar-refractivity contribution in [2.75, 3.05) is 0 Å². The van der Waals surface area contributed by atoms with Gasteiger partial charge in [0.1, 0.15) is 0 Å². The van der Waals surface area contributed by atoms with Crippen molar-refractivity contribution in [2.24, 2.45) is 5.73 Å². The maximum absolute atomic E-state index is 11.3. The first-order chi connectivity index (χ1) is 7.69. The van der Waals surface area contributed by atoms with Gasteiger partial charge < -0.3 is 10.7 Å². The number of benzene rings is 1. The third kappa shape index (κ3) is 2.17. The molecule has 0 bridgehead atoms. The molecule has 0 radical (unpaired) electrons. The summed E-state index contributed by atoms with van der Waals surface area (Å²) in [6.45, 7) is 2.32. The van der Waals surface area contributed by atoms with E-state index in [4.69, 9.17) is 5.73 Å². The Morgan fingerprint density at radius 3 is 2.62 bits per heavy atom. The van der Waals surface area contributed by atoms with E-state index in [0.29, 0.717) is 17.9 Å². The predicted molar refractivity (Wildman–Crippen MR) is 62.9 cm³/mol. The lowest BCUT2D eigenvalue weighted by atomic mass is 10.1. The summed E-state index contributed by atoms with van der Waals surface area (Å²) in [5, 5.41) is 0. The predicted octanol–water partition coefficient (Wildman–Crippen LogP) is 1.20. The molecule has 0 fully saturated rings. The van der Waals surface area contributed by atoms with E-state index in [1.807, 2.05) is 31.2 Å². The van der Waals surface area contributed by atoms with E-state index in [-0.39, 0.29) is 5.69 Å². The lowest BCUT2D eigenvalue weighted by Gasteiger charge is -2.03. The molecule has 2 aromatic rings. The molecule has 0 saturated heterocycles. The SMILES string of the molecule is Cc1ccc(-c2cc(CN)[nH]c(=O)n2)cc1. The minimum Gasteiger partial charge on any atom is -0.325 e. The molecular formula is C12H13N3O. The van der Waals surface area contributed by atoms with Gasteiger partial charge in [0.2, 0.25) is 0 Å². The van der Waals surface area contributed by atoms with E-state index in [9.17, 15) is 4.79 Å². The number of nitrogens with two attached hydrogens (primary N) is 1. The topological polar surface area (TPSA) is 71.8 Å². The van der Waals surface area contributed by atoms with Crippen molar-refractivity contribution in [3.63, 3.8) is 0 Å². The second-order valence-corrected chi connectivity index (χ2v) is 3.67. The number of H-pyrrole nitrogens is 1. The number of rotatable bonds is 2. The molecule has 16 heavy (non-hydrogen) atoms. The lowest BCUT2D eigenvalue weighted by Crippen LogP contribution is -2.15. The van der Waals surface area contributed by atoms with Crippen LogP contribution in [0.15, 0.2) is 35.1 Å². The maximum atomic E-state index is 11.3. The summed E-state index contributed by atoms with van der Waals surface area (Å²) in [6.07, 6.45) is 0. The molecule has 4 heteroatoms. The maximum Gasteiger partial charge on any atom is 0.345 e. The highest BCUT2D eigenvalue weighted by atomic mass is 16.1. The largest absolute Gasteiger partial charge is 0.345 e. The lowest BCUT2D eigenvalue weighted by molar-refractivity contribution is 0.934. The molecule has 1 aromatic carbocycles. The van der Waals surface area contributed by atoms with Crippen molar-refractivity contribution in [1.82, 2.24) is 9.97 Å². The smallest absolute Gasteiger partial charge is 0.325 e. The molecule has 0 aliphatic rings. The highest BCUT2D eigenvalue weighted by Gasteiger charge is 2.02. The highest BCUT2D eigenvalue weighted by Crippen LogP contribution is 2.16. The van der Waals surface area contributed by atoms with Crippen LogP contribution in [0.3, 0.4) is 0 Å². The van der Waals surface area contributed by atoms with Crippen molar-refractivity contribution in [1.29, 1.82) is 0 Å². The average molecular weight is 215 g/mol. The molecule has 0 aliphatic heterocycles. The molecule has 0 unspecified atom stereocenters. The summed E-state index contributed by atoms with van der Waals surface area (Å²) in [6, 6.07) is 9.65. The second kappa shape index (κ2) is 4.28. The number of nitrogens with zero attached hydrogens (tertiary/aromatic N) is 1. The third-order valence-electron chi connectivity index (χ3n) is 2.37. The van der Waals surface area contributed by atoms with Gasteiger partial charge in [-0.15, -0.1) is 0 Å². The van der Waals surface area contributed by atoms with Gasteiger partial charge in [-0.25, -0.2) is 4.79 Å². The zero-order valence-corrected chi connectivity index (χ0v) is 9.03. The van der Waals surface area contributed by atoms with E-state index in [0.717, 1.165) is 5.56 Å². The Hall–Kier alpha value is -1.94. The normalized spacial score (nSPS) is 10.4. The molecule has 1 aromatic heterocycles. The van der Waals surface area contributed by atoms with Gasteiger partial charge in [-0.3, -0.25) is 0 Å². The molecule has 0 saturated carbocycles. The summed E-state index contributed by atoms with van der Waals surface area (Å²) in [5.41, 5.74) is 8.57. The average Bonchev–Trinajstić information content (AvgIpc) is 2.29. The first-order valence-electron chi connectivity index (χ1n) is 5.06. The van der Waals surface area contributed by atoms with Crippen molar-refractivity contribution in [3.8, 4) is 11.3 Å². The van der Waals surface area contributed by atoms with Crippen LogP contribution in [0.1, 0.15) is 11.3 Å². The van der Waals surface area contributed by atoms with Gasteiger partial charge in [-0.1, -0.05) is 29.8 Å². The molecule has 0 amide bonds. The molecular weight excluding hydrogens is 202 g/mol. The number of hydrogen-bond acceptors (Lipinski definition) is 3. The van der Waals surface area contributed by atoms with Gasteiger partial charge in [0.25, 0.3) is 0 Å². The Morgan fingerprint density at radius 2 is 2.00 bits per heavy atom. The quantitative estimate of drug-likeness (QED) is 0.790. The Kier molecular flexibility index (Phi) is 2.83.